The minimum absolute atomic E-state index is 0.270. The average molecular weight is 466 g/mol. The Labute approximate surface area is 198 Å². The van der Waals surface area contributed by atoms with E-state index in [2.05, 4.69) is 47.8 Å². The van der Waals surface area contributed by atoms with Crippen molar-refractivity contribution in [1.29, 1.82) is 0 Å². The first kappa shape index (κ1) is 22.0. The first-order valence-corrected chi connectivity index (χ1v) is 12.5. The molecule has 5 heterocycles. The highest BCUT2D eigenvalue weighted by Gasteiger charge is 2.27. The number of fused-ring (bicyclic) bond motifs is 1. The van der Waals surface area contributed by atoms with Crippen LogP contribution in [0.4, 0.5) is 0 Å². The number of hydrogen-bond donors (Lipinski definition) is 1. The van der Waals surface area contributed by atoms with Crippen LogP contribution in [0.2, 0.25) is 0 Å². The fraction of sp³-hybridized carbons (Fsp3) is 0.500. The first-order chi connectivity index (χ1) is 16.0. The summed E-state index contributed by atoms with van der Waals surface area (Å²) in [5.74, 6) is 1.55. The number of aromatic nitrogens is 6. The highest BCUT2D eigenvalue weighted by Crippen LogP contribution is 2.41. The van der Waals surface area contributed by atoms with Crippen LogP contribution in [-0.2, 0) is 0 Å². The number of hydrogen-bond acceptors (Lipinski definition) is 7. The molecule has 1 saturated heterocycles. The van der Waals surface area contributed by atoms with Crippen LogP contribution in [-0.4, -0.2) is 61.4 Å². The maximum atomic E-state index is 5.57. The number of thiazole rings is 1. The number of methoxy groups -OCH3 is 1. The zero-order chi connectivity index (χ0) is 23.1. The molecule has 9 heteroatoms. The molecule has 0 saturated carbocycles. The van der Waals surface area contributed by atoms with Gasteiger partial charge in [0.15, 0.2) is 11.4 Å². The van der Waals surface area contributed by atoms with E-state index in [0.717, 1.165) is 39.8 Å². The molecule has 1 N–H and O–H groups in total. The minimum atomic E-state index is 0.270. The van der Waals surface area contributed by atoms with Gasteiger partial charge in [-0.3, -0.25) is 5.10 Å². The SMILES string of the molecule is CCN1CCC(c2sc(-c3n[nH]c(-c4cc(OC)c5ncnn5c4)c3C(C)C)nc2C)CC1. The van der Waals surface area contributed by atoms with Gasteiger partial charge < -0.3 is 9.64 Å². The normalized spacial score (nSPS) is 15.7. The van der Waals surface area contributed by atoms with Gasteiger partial charge in [0, 0.05) is 22.2 Å². The van der Waals surface area contributed by atoms with Crippen molar-refractivity contribution in [1.82, 2.24) is 34.7 Å². The Morgan fingerprint density at radius 3 is 2.76 bits per heavy atom. The predicted molar refractivity (Wildman–Crippen MR) is 131 cm³/mol. The number of nitrogens with one attached hydrogen (secondary N) is 1. The summed E-state index contributed by atoms with van der Waals surface area (Å²) in [4.78, 5) is 13.2. The molecule has 0 amide bonds. The molecule has 0 bridgehead atoms. The number of likely N-dealkylation sites (tertiary alicyclic amines) is 1. The van der Waals surface area contributed by atoms with Gasteiger partial charge in [-0.25, -0.2) is 14.5 Å². The van der Waals surface area contributed by atoms with Crippen molar-refractivity contribution in [2.45, 2.75) is 52.4 Å². The second-order valence-electron chi connectivity index (χ2n) is 9.02. The van der Waals surface area contributed by atoms with Gasteiger partial charge in [-0.05, 0) is 57.3 Å². The number of aryl methyl sites for hydroxylation is 1. The van der Waals surface area contributed by atoms with Crippen LogP contribution in [0.15, 0.2) is 18.6 Å². The zero-order valence-corrected chi connectivity index (χ0v) is 20.7. The van der Waals surface area contributed by atoms with Crippen LogP contribution in [0.1, 0.15) is 61.6 Å². The van der Waals surface area contributed by atoms with Crippen molar-refractivity contribution in [3.05, 3.63) is 34.7 Å². The van der Waals surface area contributed by atoms with Crippen LogP contribution >= 0.6 is 11.3 Å². The molecular weight excluding hydrogens is 434 g/mol. The molecule has 33 heavy (non-hydrogen) atoms. The summed E-state index contributed by atoms with van der Waals surface area (Å²) in [5, 5.41) is 13.4. The van der Waals surface area contributed by atoms with E-state index in [4.69, 9.17) is 14.8 Å². The molecule has 0 unspecified atom stereocenters. The summed E-state index contributed by atoms with van der Waals surface area (Å²) < 4.78 is 7.31. The van der Waals surface area contributed by atoms with E-state index < -0.39 is 0 Å². The molecule has 1 fully saturated rings. The second-order valence-corrected chi connectivity index (χ2v) is 10.0. The van der Waals surface area contributed by atoms with E-state index in [-0.39, 0.29) is 5.92 Å². The summed E-state index contributed by atoms with van der Waals surface area (Å²) in [6.45, 7) is 12.3. The first-order valence-electron chi connectivity index (χ1n) is 11.7. The molecule has 0 spiro atoms. The Balaban J connectivity index is 1.54. The third-order valence-corrected chi connectivity index (χ3v) is 8.00. The maximum Gasteiger partial charge on any atom is 0.197 e. The van der Waals surface area contributed by atoms with Gasteiger partial charge in [0.05, 0.1) is 18.5 Å². The van der Waals surface area contributed by atoms with E-state index in [1.54, 1.807) is 11.6 Å². The number of rotatable bonds is 6. The van der Waals surface area contributed by atoms with E-state index in [0.29, 0.717) is 17.3 Å². The molecule has 0 aliphatic carbocycles. The molecule has 4 aromatic rings. The summed E-state index contributed by atoms with van der Waals surface area (Å²) >= 11 is 1.82. The van der Waals surface area contributed by atoms with Gasteiger partial charge in [0.2, 0.25) is 0 Å². The van der Waals surface area contributed by atoms with Crippen LogP contribution in [0.3, 0.4) is 0 Å². The molecule has 8 nitrogen and oxygen atoms in total. The topological polar surface area (TPSA) is 84.2 Å². The highest BCUT2D eigenvalue weighted by atomic mass is 32.1. The largest absolute Gasteiger partial charge is 0.493 e. The molecule has 0 aromatic carbocycles. The Kier molecular flexibility index (Phi) is 5.92. The molecule has 0 atom stereocenters. The van der Waals surface area contributed by atoms with Crippen LogP contribution in [0, 0.1) is 6.92 Å². The molecule has 5 rings (SSSR count). The van der Waals surface area contributed by atoms with E-state index >= 15 is 0 Å². The van der Waals surface area contributed by atoms with Crippen LogP contribution in [0.5, 0.6) is 5.75 Å². The lowest BCUT2D eigenvalue weighted by atomic mass is 9.94. The lowest BCUT2D eigenvalue weighted by molar-refractivity contribution is 0.223. The number of aromatic amines is 1. The smallest absolute Gasteiger partial charge is 0.197 e. The van der Waals surface area contributed by atoms with E-state index in [1.807, 2.05) is 23.6 Å². The lowest BCUT2D eigenvalue weighted by Gasteiger charge is -2.30. The van der Waals surface area contributed by atoms with Gasteiger partial charge >= 0.3 is 0 Å². The molecule has 4 aromatic heterocycles. The minimum Gasteiger partial charge on any atom is -0.493 e. The van der Waals surface area contributed by atoms with Crippen molar-refractivity contribution < 1.29 is 4.74 Å². The Morgan fingerprint density at radius 2 is 2.06 bits per heavy atom. The monoisotopic (exact) mass is 465 g/mol. The second kappa shape index (κ2) is 8.87. The third-order valence-electron chi connectivity index (χ3n) is 6.67. The summed E-state index contributed by atoms with van der Waals surface area (Å²) in [6, 6.07) is 1.99. The Hall–Kier alpha value is -2.78. The highest BCUT2D eigenvalue weighted by molar-refractivity contribution is 7.15. The number of H-pyrrole nitrogens is 1. The fourth-order valence-corrected chi connectivity index (χ4v) is 6.12. The zero-order valence-electron chi connectivity index (χ0n) is 19.9. The third kappa shape index (κ3) is 3.93. The van der Waals surface area contributed by atoms with E-state index in [9.17, 15) is 0 Å². The number of nitrogens with zero attached hydrogens (tertiary/aromatic N) is 6. The molecule has 0 radical (unpaired) electrons. The van der Waals surface area contributed by atoms with Crippen molar-refractivity contribution >= 4 is 17.0 Å². The lowest BCUT2D eigenvalue weighted by Crippen LogP contribution is -2.32. The predicted octanol–water partition coefficient (Wildman–Crippen LogP) is 4.88. The molecule has 174 valence electrons. The van der Waals surface area contributed by atoms with Gasteiger partial charge in [0.1, 0.15) is 17.0 Å². The molecular formula is C24H31N7OS. The van der Waals surface area contributed by atoms with Crippen molar-refractivity contribution in [2.24, 2.45) is 0 Å². The maximum absolute atomic E-state index is 5.57. The summed E-state index contributed by atoms with van der Waals surface area (Å²) in [5.41, 5.74) is 5.89. The average Bonchev–Trinajstić information content (AvgIpc) is 3.56. The standard InChI is InChI=1S/C24H31N7OS/c1-6-30-9-7-16(8-10-30)22-15(4)27-24(33-22)21-19(14(2)3)20(28-29-21)17-11-18(32-5)23-25-13-26-31(23)12-17/h11-14,16H,6-10H2,1-5H3,(H,28,29). The van der Waals surface area contributed by atoms with Crippen LogP contribution in [0.25, 0.3) is 27.6 Å². The number of ether oxygens (including phenoxy) is 1. The van der Waals surface area contributed by atoms with Gasteiger partial charge in [-0.2, -0.15) is 10.2 Å². The molecule has 1 aliphatic rings. The van der Waals surface area contributed by atoms with Crippen LogP contribution < -0.4 is 4.74 Å². The quantitative estimate of drug-likeness (QED) is 0.437. The Morgan fingerprint density at radius 1 is 1.27 bits per heavy atom. The van der Waals surface area contributed by atoms with Crippen molar-refractivity contribution in [3.8, 4) is 27.7 Å². The summed E-state index contributed by atoms with van der Waals surface area (Å²) in [7, 11) is 1.65. The van der Waals surface area contributed by atoms with Gasteiger partial charge in [-0.1, -0.05) is 20.8 Å². The van der Waals surface area contributed by atoms with Gasteiger partial charge in [-0.15, -0.1) is 11.3 Å². The number of pyridine rings is 1. The number of piperidine rings is 1. The fourth-order valence-electron chi connectivity index (χ4n) is 4.88. The van der Waals surface area contributed by atoms with Crippen molar-refractivity contribution in [2.75, 3.05) is 26.7 Å². The van der Waals surface area contributed by atoms with E-state index in [1.165, 1.54) is 37.1 Å². The molecule has 1 aliphatic heterocycles. The van der Waals surface area contributed by atoms with Gasteiger partial charge in [0.25, 0.3) is 0 Å². The summed E-state index contributed by atoms with van der Waals surface area (Å²) in [6.07, 6.45) is 5.91. The Bertz CT molecular complexity index is 1260. The van der Waals surface area contributed by atoms with Crippen molar-refractivity contribution in [3.63, 3.8) is 0 Å².